The number of allylic oxidation sites excluding steroid dienone is 4. The molecule has 0 bridgehead atoms. The van der Waals surface area contributed by atoms with Crippen LogP contribution >= 0.6 is 0 Å². The fourth-order valence-corrected chi connectivity index (χ4v) is 2.15. The van der Waals surface area contributed by atoms with Gasteiger partial charge in [0.25, 0.3) is 0 Å². The van der Waals surface area contributed by atoms with E-state index >= 15 is 0 Å². The van der Waals surface area contributed by atoms with E-state index in [-0.39, 0.29) is 0 Å². The highest BCUT2D eigenvalue weighted by molar-refractivity contribution is 5.89. The van der Waals surface area contributed by atoms with Crippen LogP contribution in [0, 0.1) is 5.41 Å². The third-order valence-electron chi connectivity index (χ3n) is 3.03. The number of esters is 1. The highest BCUT2D eigenvalue weighted by Gasteiger charge is 2.91. The van der Waals surface area contributed by atoms with Crippen LogP contribution in [0.5, 0.6) is 0 Å². The van der Waals surface area contributed by atoms with Crippen LogP contribution in [0.25, 0.3) is 0 Å². The number of hydrogen-bond donors (Lipinski definition) is 0. The second kappa shape index (κ2) is 3.64. The van der Waals surface area contributed by atoms with E-state index in [1.807, 2.05) is 0 Å². The van der Waals surface area contributed by atoms with Crippen LogP contribution in [0.4, 0.5) is 26.3 Å². The van der Waals surface area contributed by atoms with Gasteiger partial charge in [0.05, 0.1) is 0 Å². The molecule has 1 fully saturated rings. The van der Waals surface area contributed by atoms with Crippen molar-refractivity contribution in [1.82, 2.24) is 0 Å². The van der Waals surface area contributed by atoms with Crippen molar-refractivity contribution in [2.75, 3.05) is 0 Å². The quantitative estimate of drug-likeness (QED) is 0.505. The zero-order valence-corrected chi connectivity index (χ0v) is 9.05. The van der Waals surface area contributed by atoms with Gasteiger partial charge < -0.3 is 4.74 Å². The molecule has 0 aromatic carbocycles. The average molecular weight is 284 g/mol. The van der Waals surface area contributed by atoms with E-state index in [1.165, 1.54) is 12.2 Å². The lowest BCUT2D eigenvalue weighted by Crippen LogP contribution is -2.77. The molecule has 2 rings (SSSR count). The first-order valence-electron chi connectivity index (χ1n) is 4.99. The van der Waals surface area contributed by atoms with Gasteiger partial charge in [-0.15, -0.1) is 0 Å². The second-order valence-corrected chi connectivity index (χ2v) is 4.03. The Kier molecular flexibility index (Phi) is 2.63. The minimum absolute atomic E-state index is 0.579. The Labute approximate surface area is 103 Å². The van der Waals surface area contributed by atoms with E-state index < -0.39 is 29.3 Å². The van der Waals surface area contributed by atoms with Crippen molar-refractivity contribution in [2.24, 2.45) is 5.41 Å². The number of carbonyl (C=O) groups is 1. The van der Waals surface area contributed by atoms with Gasteiger partial charge in [-0.3, -0.25) is 4.79 Å². The van der Waals surface area contributed by atoms with Crippen LogP contribution in [-0.4, -0.2) is 23.9 Å². The maximum Gasteiger partial charge on any atom is 0.418 e. The van der Waals surface area contributed by atoms with Crippen LogP contribution in [0.15, 0.2) is 36.5 Å². The van der Waals surface area contributed by atoms with Crippen LogP contribution in [-0.2, 0) is 9.53 Å². The van der Waals surface area contributed by atoms with Gasteiger partial charge in [-0.1, -0.05) is 24.3 Å². The van der Waals surface area contributed by atoms with Crippen molar-refractivity contribution in [3.05, 3.63) is 36.5 Å². The Morgan fingerprint density at radius 1 is 0.842 bits per heavy atom. The summed E-state index contributed by atoms with van der Waals surface area (Å²) in [6, 6.07) is 0. The standard InChI is InChI=1S/C11H6F6O2/c12-10(13,14)9(11(15,16)17)7(18)19-8(9)5-3-1-2-4-6-8/h1-6H. The molecule has 0 amide bonds. The van der Waals surface area contributed by atoms with Crippen molar-refractivity contribution >= 4 is 5.97 Å². The summed E-state index contributed by atoms with van der Waals surface area (Å²) in [5.74, 6) is -2.34. The Balaban J connectivity index is 2.69. The molecule has 1 aliphatic heterocycles. The summed E-state index contributed by atoms with van der Waals surface area (Å²) in [4.78, 5) is 11.1. The van der Waals surface area contributed by atoms with Crippen molar-refractivity contribution in [3.63, 3.8) is 0 Å². The fraction of sp³-hybridized carbons (Fsp3) is 0.364. The van der Waals surface area contributed by atoms with E-state index in [2.05, 4.69) is 4.74 Å². The largest absolute Gasteiger partial charge is 0.447 e. The summed E-state index contributed by atoms with van der Waals surface area (Å²) in [5.41, 5.74) is -7.45. The number of hydrogen-bond acceptors (Lipinski definition) is 2. The molecule has 1 heterocycles. The molecule has 2 aliphatic rings. The average Bonchev–Trinajstić information content (AvgIpc) is 2.39. The molecule has 0 saturated carbocycles. The molecule has 0 aromatic heterocycles. The Morgan fingerprint density at radius 2 is 1.26 bits per heavy atom. The Morgan fingerprint density at radius 3 is 1.58 bits per heavy atom. The van der Waals surface area contributed by atoms with Crippen LogP contribution in [0.1, 0.15) is 0 Å². The highest BCUT2D eigenvalue weighted by atomic mass is 19.4. The topological polar surface area (TPSA) is 26.3 Å². The first kappa shape index (κ1) is 13.7. The minimum atomic E-state index is -5.82. The zero-order valence-electron chi connectivity index (χ0n) is 9.05. The number of halogens is 6. The molecular formula is C11H6F6O2. The number of carbonyl (C=O) groups excluding carboxylic acids is 1. The fourth-order valence-electron chi connectivity index (χ4n) is 2.15. The number of rotatable bonds is 0. The van der Waals surface area contributed by atoms with E-state index in [0.29, 0.717) is 12.2 Å². The van der Waals surface area contributed by atoms with Gasteiger partial charge in [0.1, 0.15) is 0 Å². The van der Waals surface area contributed by atoms with Crippen LogP contribution in [0.3, 0.4) is 0 Å². The second-order valence-electron chi connectivity index (χ2n) is 4.03. The molecular weight excluding hydrogens is 278 g/mol. The minimum Gasteiger partial charge on any atom is -0.447 e. The Hall–Kier alpha value is -1.73. The lowest BCUT2D eigenvalue weighted by molar-refractivity contribution is -0.397. The molecule has 0 unspecified atom stereocenters. The molecule has 1 saturated heterocycles. The molecule has 0 atom stereocenters. The lowest BCUT2D eigenvalue weighted by atomic mass is 9.65. The predicted molar refractivity (Wildman–Crippen MR) is 50.8 cm³/mol. The molecule has 1 spiro atoms. The maximum absolute atomic E-state index is 13.0. The van der Waals surface area contributed by atoms with Gasteiger partial charge in [0, 0.05) is 0 Å². The molecule has 19 heavy (non-hydrogen) atoms. The van der Waals surface area contributed by atoms with E-state index in [4.69, 9.17) is 0 Å². The zero-order chi connectivity index (χ0) is 14.5. The number of ether oxygens (including phenoxy) is 1. The SMILES string of the molecule is O=C1OC2(C=CC=CC=C2)C1(C(F)(F)F)C(F)(F)F. The van der Waals surface area contributed by atoms with Gasteiger partial charge >= 0.3 is 23.7 Å². The molecule has 0 radical (unpaired) electrons. The first-order valence-corrected chi connectivity index (χ1v) is 4.99. The normalized spacial score (nSPS) is 24.0. The molecule has 0 N–H and O–H groups in total. The van der Waals surface area contributed by atoms with E-state index in [1.54, 1.807) is 0 Å². The molecule has 8 heteroatoms. The van der Waals surface area contributed by atoms with Gasteiger partial charge in [0.2, 0.25) is 0 Å². The van der Waals surface area contributed by atoms with E-state index in [9.17, 15) is 31.1 Å². The summed E-state index contributed by atoms with van der Waals surface area (Å²) < 4.78 is 82.0. The molecule has 1 aliphatic carbocycles. The summed E-state index contributed by atoms with van der Waals surface area (Å²) in [7, 11) is 0. The third-order valence-corrected chi connectivity index (χ3v) is 3.03. The van der Waals surface area contributed by atoms with Crippen molar-refractivity contribution < 1.29 is 35.9 Å². The first-order chi connectivity index (χ1) is 8.58. The summed E-state index contributed by atoms with van der Waals surface area (Å²) in [6.45, 7) is 0. The molecule has 2 nitrogen and oxygen atoms in total. The smallest absolute Gasteiger partial charge is 0.418 e. The van der Waals surface area contributed by atoms with Crippen LogP contribution < -0.4 is 0 Å². The highest BCUT2D eigenvalue weighted by Crippen LogP contribution is 2.65. The summed E-state index contributed by atoms with van der Waals surface area (Å²) in [6.07, 6.45) is -6.08. The van der Waals surface area contributed by atoms with E-state index in [0.717, 1.165) is 12.2 Å². The van der Waals surface area contributed by atoms with Gasteiger partial charge in [-0.25, -0.2) is 0 Å². The molecule has 104 valence electrons. The van der Waals surface area contributed by atoms with Gasteiger partial charge in [-0.2, -0.15) is 26.3 Å². The third kappa shape index (κ3) is 1.48. The maximum atomic E-state index is 13.0. The predicted octanol–water partition coefficient (Wildman–Crippen LogP) is 3.08. The van der Waals surface area contributed by atoms with Crippen LogP contribution in [0.2, 0.25) is 0 Å². The summed E-state index contributed by atoms with van der Waals surface area (Å²) in [5, 5.41) is 0. The van der Waals surface area contributed by atoms with Crippen molar-refractivity contribution in [3.8, 4) is 0 Å². The monoisotopic (exact) mass is 284 g/mol. The number of alkyl halides is 6. The van der Waals surface area contributed by atoms with Crippen molar-refractivity contribution in [2.45, 2.75) is 18.0 Å². The lowest BCUT2D eigenvalue weighted by Gasteiger charge is -2.53. The Bertz CT molecular complexity index is 464. The molecule has 0 aromatic rings. The van der Waals surface area contributed by atoms with Gasteiger partial charge in [-0.05, 0) is 12.2 Å². The van der Waals surface area contributed by atoms with Crippen molar-refractivity contribution in [1.29, 1.82) is 0 Å². The van der Waals surface area contributed by atoms with Gasteiger partial charge in [0.15, 0.2) is 5.60 Å². The summed E-state index contributed by atoms with van der Waals surface area (Å²) >= 11 is 0.